The molecule has 2 aliphatic heterocycles. The molecule has 1 aliphatic carbocycles. The van der Waals surface area contributed by atoms with Crippen LogP contribution in [0.2, 0.25) is 0 Å². The standard InChI is InChI=1S/C22H28N4O5/c1-15(27)23-17-4-6-18(7-5-17)26-20(28)14-19(22(26)30)25(21(29)16-2-3-16)9-8-24-10-12-31-13-11-24/h4-7,16,19H,2-3,8-14H2,1H3,(H,23,27). The molecule has 1 atom stereocenters. The molecular weight excluding hydrogens is 400 g/mol. The van der Waals surface area contributed by atoms with Gasteiger partial charge in [-0.25, -0.2) is 4.90 Å². The zero-order valence-electron chi connectivity index (χ0n) is 17.7. The molecule has 0 radical (unpaired) electrons. The van der Waals surface area contributed by atoms with E-state index in [-0.39, 0.29) is 36.0 Å². The number of carbonyl (C=O) groups is 4. The van der Waals surface area contributed by atoms with Crippen LogP contribution < -0.4 is 10.2 Å². The van der Waals surface area contributed by atoms with Crippen molar-refractivity contribution < 1.29 is 23.9 Å². The second-order valence-corrected chi connectivity index (χ2v) is 8.28. The van der Waals surface area contributed by atoms with Crippen molar-refractivity contribution in [2.45, 2.75) is 32.2 Å². The average Bonchev–Trinajstić information content (AvgIpc) is 3.56. The first-order valence-electron chi connectivity index (χ1n) is 10.8. The van der Waals surface area contributed by atoms with Crippen LogP contribution in [0.1, 0.15) is 26.2 Å². The fourth-order valence-electron chi connectivity index (χ4n) is 4.09. The van der Waals surface area contributed by atoms with Gasteiger partial charge in [0.05, 0.1) is 25.3 Å². The summed E-state index contributed by atoms with van der Waals surface area (Å²) in [5.41, 5.74) is 1.03. The van der Waals surface area contributed by atoms with Crippen molar-refractivity contribution >= 4 is 35.0 Å². The molecule has 1 unspecified atom stereocenters. The molecule has 4 amide bonds. The molecule has 0 spiro atoms. The molecule has 4 rings (SSSR count). The van der Waals surface area contributed by atoms with Crippen LogP contribution in [-0.2, 0) is 23.9 Å². The van der Waals surface area contributed by atoms with Crippen molar-refractivity contribution in [3.8, 4) is 0 Å². The van der Waals surface area contributed by atoms with Crippen molar-refractivity contribution in [2.24, 2.45) is 5.92 Å². The summed E-state index contributed by atoms with van der Waals surface area (Å²) in [4.78, 5) is 55.1. The van der Waals surface area contributed by atoms with E-state index in [0.29, 0.717) is 37.7 Å². The molecule has 1 saturated carbocycles. The Kier molecular flexibility index (Phi) is 6.33. The lowest BCUT2D eigenvalue weighted by atomic mass is 10.1. The molecule has 3 fully saturated rings. The van der Waals surface area contributed by atoms with Gasteiger partial charge < -0.3 is 15.0 Å². The largest absolute Gasteiger partial charge is 0.379 e. The zero-order chi connectivity index (χ0) is 22.0. The highest BCUT2D eigenvalue weighted by atomic mass is 16.5. The molecule has 0 bridgehead atoms. The molecule has 2 saturated heterocycles. The summed E-state index contributed by atoms with van der Waals surface area (Å²) >= 11 is 0. The van der Waals surface area contributed by atoms with Gasteiger partial charge in [-0.2, -0.15) is 0 Å². The molecule has 166 valence electrons. The molecule has 0 aromatic heterocycles. The third kappa shape index (κ3) is 4.94. The lowest BCUT2D eigenvalue weighted by Gasteiger charge is -2.32. The fraction of sp³-hybridized carbons (Fsp3) is 0.545. The Bertz CT molecular complexity index is 861. The first kappa shape index (κ1) is 21.5. The van der Waals surface area contributed by atoms with Gasteiger partial charge >= 0.3 is 0 Å². The molecule has 1 aromatic rings. The second kappa shape index (κ2) is 9.15. The highest BCUT2D eigenvalue weighted by Gasteiger charge is 2.46. The van der Waals surface area contributed by atoms with Gasteiger partial charge in [0.2, 0.25) is 17.7 Å². The van der Waals surface area contributed by atoms with Crippen LogP contribution in [0, 0.1) is 5.92 Å². The predicted molar refractivity (Wildman–Crippen MR) is 113 cm³/mol. The van der Waals surface area contributed by atoms with Crippen LogP contribution in [0.4, 0.5) is 11.4 Å². The maximum absolute atomic E-state index is 13.2. The SMILES string of the molecule is CC(=O)Nc1ccc(N2C(=O)CC(N(CCN3CCOCC3)C(=O)C3CC3)C2=O)cc1. The monoisotopic (exact) mass is 428 g/mol. The van der Waals surface area contributed by atoms with Crippen molar-refractivity contribution in [1.29, 1.82) is 0 Å². The maximum atomic E-state index is 13.2. The van der Waals surface area contributed by atoms with Crippen LogP contribution in [0.3, 0.4) is 0 Å². The molecule has 1 aromatic carbocycles. The number of ether oxygens (including phenoxy) is 1. The highest BCUT2D eigenvalue weighted by molar-refractivity contribution is 6.23. The van der Waals surface area contributed by atoms with Crippen LogP contribution in [-0.4, -0.2) is 78.9 Å². The molecule has 3 aliphatic rings. The third-order valence-corrected chi connectivity index (χ3v) is 5.92. The van der Waals surface area contributed by atoms with Crippen LogP contribution in [0.15, 0.2) is 24.3 Å². The number of rotatable bonds is 7. The molecule has 31 heavy (non-hydrogen) atoms. The lowest BCUT2D eigenvalue weighted by Crippen LogP contribution is -2.50. The number of nitrogens with zero attached hydrogens (tertiary/aromatic N) is 3. The predicted octanol–water partition coefficient (Wildman–Crippen LogP) is 0.848. The molecule has 2 heterocycles. The number of benzene rings is 1. The molecular formula is C22H28N4O5. The van der Waals surface area contributed by atoms with Crippen LogP contribution in [0.5, 0.6) is 0 Å². The number of imide groups is 1. The van der Waals surface area contributed by atoms with Crippen molar-refractivity contribution in [3.05, 3.63) is 24.3 Å². The first-order valence-corrected chi connectivity index (χ1v) is 10.8. The topological polar surface area (TPSA) is 99.3 Å². The van der Waals surface area contributed by atoms with Crippen molar-refractivity contribution in [2.75, 3.05) is 49.6 Å². The van der Waals surface area contributed by atoms with E-state index in [0.717, 1.165) is 30.8 Å². The van der Waals surface area contributed by atoms with Gasteiger partial charge in [0, 0.05) is 44.7 Å². The number of carbonyl (C=O) groups excluding carboxylic acids is 4. The number of morpholine rings is 1. The van der Waals surface area contributed by atoms with Gasteiger partial charge in [0.15, 0.2) is 0 Å². The van der Waals surface area contributed by atoms with Crippen LogP contribution >= 0.6 is 0 Å². The number of hydrogen-bond donors (Lipinski definition) is 1. The van der Waals surface area contributed by atoms with E-state index < -0.39 is 6.04 Å². The average molecular weight is 428 g/mol. The van der Waals surface area contributed by atoms with Gasteiger partial charge in [-0.15, -0.1) is 0 Å². The van der Waals surface area contributed by atoms with E-state index in [1.165, 1.54) is 6.92 Å². The van der Waals surface area contributed by atoms with E-state index in [1.54, 1.807) is 29.2 Å². The number of nitrogens with one attached hydrogen (secondary N) is 1. The van der Waals surface area contributed by atoms with Crippen LogP contribution in [0.25, 0.3) is 0 Å². The third-order valence-electron chi connectivity index (χ3n) is 5.92. The molecule has 9 nitrogen and oxygen atoms in total. The Morgan fingerprint density at radius 1 is 1.13 bits per heavy atom. The second-order valence-electron chi connectivity index (χ2n) is 8.28. The Hall–Kier alpha value is -2.78. The van der Waals surface area contributed by atoms with E-state index >= 15 is 0 Å². The van der Waals surface area contributed by atoms with Gasteiger partial charge in [0.25, 0.3) is 5.91 Å². The number of anilines is 2. The minimum Gasteiger partial charge on any atom is -0.379 e. The Morgan fingerprint density at radius 3 is 2.42 bits per heavy atom. The summed E-state index contributed by atoms with van der Waals surface area (Å²) in [5, 5.41) is 2.66. The summed E-state index contributed by atoms with van der Waals surface area (Å²) in [7, 11) is 0. The van der Waals surface area contributed by atoms with Crippen molar-refractivity contribution in [3.63, 3.8) is 0 Å². The van der Waals surface area contributed by atoms with E-state index in [1.807, 2.05) is 0 Å². The highest BCUT2D eigenvalue weighted by Crippen LogP contribution is 2.34. The molecule has 9 heteroatoms. The summed E-state index contributed by atoms with van der Waals surface area (Å²) in [6.07, 6.45) is 1.68. The number of hydrogen-bond acceptors (Lipinski definition) is 6. The smallest absolute Gasteiger partial charge is 0.257 e. The van der Waals surface area contributed by atoms with Gasteiger partial charge in [-0.05, 0) is 37.1 Å². The van der Waals surface area contributed by atoms with Gasteiger partial charge in [0.1, 0.15) is 6.04 Å². The Morgan fingerprint density at radius 2 is 1.81 bits per heavy atom. The summed E-state index contributed by atoms with van der Waals surface area (Å²) in [6, 6.07) is 5.79. The normalized spacial score (nSPS) is 22.0. The lowest BCUT2D eigenvalue weighted by molar-refractivity contribution is -0.139. The Balaban J connectivity index is 1.48. The summed E-state index contributed by atoms with van der Waals surface area (Å²) in [5.74, 6) is -0.938. The van der Waals surface area contributed by atoms with Gasteiger partial charge in [-0.3, -0.25) is 24.1 Å². The fourth-order valence-corrected chi connectivity index (χ4v) is 4.09. The minimum absolute atomic E-state index is 0.00610. The Labute approximate surface area is 181 Å². The van der Waals surface area contributed by atoms with E-state index in [4.69, 9.17) is 4.74 Å². The molecule has 1 N–H and O–H groups in total. The van der Waals surface area contributed by atoms with Crippen molar-refractivity contribution in [1.82, 2.24) is 9.80 Å². The first-order chi connectivity index (χ1) is 14.9. The van der Waals surface area contributed by atoms with E-state index in [9.17, 15) is 19.2 Å². The zero-order valence-corrected chi connectivity index (χ0v) is 17.7. The maximum Gasteiger partial charge on any atom is 0.257 e. The number of amides is 4. The minimum atomic E-state index is -0.767. The van der Waals surface area contributed by atoms with Gasteiger partial charge in [-0.1, -0.05) is 0 Å². The quantitative estimate of drug-likeness (QED) is 0.647. The van der Waals surface area contributed by atoms with E-state index in [2.05, 4.69) is 10.2 Å². The summed E-state index contributed by atoms with van der Waals surface area (Å²) in [6.45, 7) is 5.43. The summed E-state index contributed by atoms with van der Waals surface area (Å²) < 4.78 is 5.37.